The average Bonchev–Trinajstić information content (AvgIpc) is 2.41. The topological polar surface area (TPSA) is 105 Å². The number of benzene rings is 1. The molecule has 0 aliphatic carbocycles. The largest absolute Gasteiger partial charge is 0.482 e. The van der Waals surface area contributed by atoms with Gasteiger partial charge in [0.15, 0.2) is 6.61 Å². The summed E-state index contributed by atoms with van der Waals surface area (Å²) in [6.07, 6.45) is 0. The zero-order chi connectivity index (χ0) is 15.0. The van der Waals surface area contributed by atoms with Crippen LogP contribution in [0.3, 0.4) is 0 Å². The minimum atomic E-state index is -1.09. The van der Waals surface area contributed by atoms with E-state index in [0.717, 1.165) is 0 Å². The van der Waals surface area contributed by atoms with Gasteiger partial charge in [0, 0.05) is 25.6 Å². The molecule has 0 bridgehead atoms. The molecule has 0 aliphatic heterocycles. The Balaban J connectivity index is 2.49. The molecule has 7 nitrogen and oxygen atoms in total. The average molecular weight is 280 g/mol. The van der Waals surface area contributed by atoms with E-state index in [1.165, 1.54) is 13.0 Å². The van der Waals surface area contributed by atoms with Crippen molar-refractivity contribution in [1.29, 1.82) is 0 Å². The zero-order valence-corrected chi connectivity index (χ0v) is 11.0. The Bertz CT molecular complexity index is 501. The minimum Gasteiger partial charge on any atom is -0.482 e. The highest BCUT2D eigenvalue weighted by molar-refractivity contribution is 5.94. The number of aliphatic carboxylic acids is 1. The van der Waals surface area contributed by atoms with Crippen molar-refractivity contribution in [3.05, 3.63) is 29.8 Å². The highest BCUT2D eigenvalue weighted by atomic mass is 16.5. The molecule has 0 spiro atoms. The maximum Gasteiger partial charge on any atom is 0.341 e. The predicted octanol–water partition coefficient (Wildman–Crippen LogP) is 0.0159. The summed E-state index contributed by atoms with van der Waals surface area (Å²) in [5.41, 5.74) is 0.357. The molecule has 108 valence electrons. The van der Waals surface area contributed by atoms with Gasteiger partial charge in [-0.2, -0.15) is 0 Å². The van der Waals surface area contributed by atoms with Crippen LogP contribution in [0.5, 0.6) is 5.75 Å². The number of carbonyl (C=O) groups is 3. The van der Waals surface area contributed by atoms with Gasteiger partial charge < -0.3 is 20.5 Å². The maximum absolute atomic E-state index is 11.8. The van der Waals surface area contributed by atoms with E-state index in [1.54, 1.807) is 18.2 Å². The van der Waals surface area contributed by atoms with E-state index in [1.807, 2.05) is 0 Å². The van der Waals surface area contributed by atoms with Crippen molar-refractivity contribution in [3.63, 3.8) is 0 Å². The monoisotopic (exact) mass is 280 g/mol. The normalized spacial score (nSPS) is 9.65. The molecule has 1 aromatic carbocycles. The van der Waals surface area contributed by atoms with E-state index in [-0.39, 0.29) is 11.8 Å². The molecule has 0 unspecified atom stereocenters. The number of carboxylic acids is 1. The zero-order valence-electron chi connectivity index (χ0n) is 11.0. The molecule has 0 saturated carbocycles. The summed E-state index contributed by atoms with van der Waals surface area (Å²) in [6.45, 7) is 1.58. The molecule has 0 aliphatic rings. The second-order valence-corrected chi connectivity index (χ2v) is 3.95. The van der Waals surface area contributed by atoms with Crippen LogP contribution in [0, 0.1) is 0 Å². The second kappa shape index (κ2) is 7.78. The Hall–Kier alpha value is -2.57. The van der Waals surface area contributed by atoms with E-state index in [0.29, 0.717) is 24.4 Å². The van der Waals surface area contributed by atoms with Crippen molar-refractivity contribution < 1.29 is 24.2 Å². The first-order chi connectivity index (χ1) is 9.49. The molecule has 1 rings (SSSR count). The Labute approximate surface area is 115 Å². The number of nitrogens with one attached hydrogen (secondary N) is 2. The van der Waals surface area contributed by atoms with Crippen LogP contribution in [0.25, 0.3) is 0 Å². The summed E-state index contributed by atoms with van der Waals surface area (Å²) in [7, 11) is 0. The van der Waals surface area contributed by atoms with Gasteiger partial charge in [-0.05, 0) is 18.2 Å². The second-order valence-electron chi connectivity index (χ2n) is 3.95. The van der Waals surface area contributed by atoms with Crippen molar-refractivity contribution in [1.82, 2.24) is 10.6 Å². The van der Waals surface area contributed by atoms with Gasteiger partial charge in [-0.25, -0.2) is 4.79 Å². The van der Waals surface area contributed by atoms with Crippen LogP contribution in [-0.4, -0.2) is 42.6 Å². The van der Waals surface area contributed by atoms with Crippen LogP contribution in [-0.2, 0) is 9.59 Å². The lowest BCUT2D eigenvalue weighted by molar-refractivity contribution is -0.139. The van der Waals surface area contributed by atoms with E-state index in [4.69, 9.17) is 9.84 Å². The molecule has 0 heterocycles. The van der Waals surface area contributed by atoms with Crippen molar-refractivity contribution in [2.45, 2.75) is 6.92 Å². The molecular weight excluding hydrogens is 264 g/mol. The number of carboxylic acid groups (broad SMARTS) is 1. The first-order valence-corrected chi connectivity index (χ1v) is 5.96. The summed E-state index contributed by atoms with van der Waals surface area (Å²) in [5, 5.41) is 13.7. The van der Waals surface area contributed by atoms with Crippen LogP contribution in [0.1, 0.15) is 17.3 Å². The van der Waals surface area contributed by atoms with Crippen molar-refractivity contribution in [2.75, 3.05) is 19.7 Å². The van der Waals surface area contributed by atoms with E-state index < -0.39 is 12.6 Å². The molecule has 7 heteroatoms. The molecular formula is C13H16N2O5. The van der Waals surface area contributed by atoms with Gasteiger partial charge in [0.1, 0.15) is 5.75 Å². The lowest BCUT2D eigenvalue weighted by Gasteiger charge is -2.07. The summed E-state index contributed by atoms with van der Waals surface area (Å²) in [6, 6.07) is 6.20. The quantitative estimate of drug-likeness (QED) is 0.610. The molecule has 0 radical (unpaired) electrons. The highest BCUT2D eigenvalue weighted by Gasteiger charge is 2.07. The molecule has 3 N–H and O–H groups in total. The van der Waals surface area contributed by atoms with E-state index >= 15 is 0 Å². The number of rotatable bonds is 7. The summed E-state index contributed by atoms with van der Waals surface area (Å²) < 4.78 is 4.98. The van der Waals surface area contributed by atoms with Crippen molar-refractivity contribution in [2.24, 2.45) is 0 Å². The summed E-state index contributed by atoms with van der Waals surface area (Å²) >= 11 is 0. The van der Waals surface area contributed by atoms with Crippen LogP contribution < -0.4 is 15.4 Å². The number of ether oxygens (including phenoxy) is 1. The maximum atomic E-state index is 11.8. The third-order valence-corrected chi connectivity index (χ3v) is 2.24. The fourth-order valence-corrected chi connectivity index (χ4v) is 1.39. The molecule has 20 heavy (non-hydrogen) atoms. The molecule has 1 aromatic rings. The van der Waals surface area contributed by atoms with Crippen LogP contribution >= 0.6 is 0 Å². The fourth-order valence-electron chi connectivity index (χ4n) is 1.39. The lowest BCUT2D eigenvalue weighted by Crippen LogP contribution is -2.33. The first-order valence-electron chi connectivity index (χ1n) is 5.96. The molecule has 0 fully saturated rings. The highest BCUT2D eigenvalue weighted by Crippen LogP contribution is 2.13. The van der Waals surface area contributed by atoms with Crippen LogP contribution in [0.2, 0.25) is 0 Å². The Kier molecular flexibility index (Phi) is 6.02. The minimum absolute atomic E-state index is 0.164. The van der Waals surface area contributed by atoms with Crippen molar-refractivity contribution >= 4 is 17.8 Å². The van der Waals surface area contributed by atoms with E-state index in [9.17, 15) is 14.4 Å². The molecule has 2 amide bonds. The number of carbonyl (C=O) groups excluding carboxylic acids is 2. The third kappa shape index (κ3) is 5.85. The third-order valence-electron chi connectivity index (χ3n) is 2.24. The summed E-state index contributed by atoms with van der Waals surface area (Å²) in [5.74, 6) is -1.27. The predicted molar refractivity (Wildman–Crippen MR) is 70.6 cm³/mol. The number of hydrogen-bond acceptors (Lipinski definition) is 4. The molecule has 0 saturated heterocycles. The van der Waals surface area contributed by atoms with Gasteiger partial charge in [-0.1, -0.05) is 6.07 Å². The molecule has 0 aromatic heterocycles. The van der Waals surface area contributed by atoms with Gasteiger partial charge in [0.2, 0.25) is 5.91 Å². The van der Waals surface area contributed by atoms with Gasteiger partial charge >= 0.3 is 5.97 Å². The number of hydrogen-bond donors (Lipinski definition) is 3. The Morgan fingerprint density at radius 2 is 1.90 bits per heavy atom. The molecule has 0 atom stereocenters. The fraction of sp³-hybridized carbons (Fsp3) is 0.308. The Morgan fingerprint density at radius 3 is 2.55 bits per heavy atom. The smallest absolute Gasteiger partial charge is 0.341 e. The first kappa shape index (κ1) is 15.5. The van der Waals surface area contributed by atoms with Crippen molar-refractivity contribution in [3.8, 4) is 5.75 Å². The van der Waals surface area contributed by atoms with Crippen LogP contribution in [0.4, 0.5) is 0 Å². The van der Waals surface area contributed by atoms with Gasteiger partial charge in [0.05, 0.1) is 0 Å². The lowest BCUT2D eigenvalue weighted by atomic mass is 10.2. The van der Waals surface area contributed by atoms with Gasteiger partial charge in [-0.15, -0.1) is 0 Å². The van der Waals surface area contributed by atoms with Crippen LogP contribution in [0.15, 0.2) is 24.3 Å². The standard InChI is InChI=1S/C13H16N2O5/c1-9(16)14-5-6-15-13(19)10-3-2-4-11(7-10)20-8-12(17)18/h2-4,7H,5-6,8H2,1H3,(H,14,16)(H,15,19)(H,17,18). The number of amides is 2. The van der Waals surface area contributed by atoms with Gasteiger partial charge in [-0.3, -0.25) is 9.59 Å². The van der Waals surface area contributed by atoms with Gasteiger partial charge in [0.25, 0.3) is 5.91 Å². The van der Waals surface area contributed by atoms with E-state index in [2.05, 4.69) is 10.6 Å². The Morgan fingerprint density at radius 1 is 1.20 bits per heavy atom. The SMILES string of the molecule is CC(=O)NCCNC(=O)c1cccc(OCC(=O)O)c1. The summed E-state index contributed by atoms with van der Waals surface area (Å²) in [4.78, 5) is 32.8.